The van der Waals surface area contributed by atoms with Crippen molar-refractivity contribution >= 4 is 24.3 Å². The molecule has 6 heteroatoms. The topological polar surface area (TPSA) is 61.8 Å². The standard InChI is InChI=1S/C19H25BO5/c1-6-23-17(22)14-10-8-12-7-9-13(11-15(12)16(14)21)20-24-18(2,3)19(4,5)25-20/h7,9,11,14H,6,8,10H2,1-5H3. The van der Waals surface area contributed by atoms with E-state index >= 15 is 0 Å². The number of aryl methyl sites for hydroxylation is 1. The summed E-state index contributed by atoms with van der Waals surface area (Å²) in [7, 11) is -0.522. The van der Waals surface area contributed by atoms with E-state index in [0.717, 1.165) is 11.0 Å². The van der Waals surface area contributed by atoms with Gasteiger partial charge in [-0.25, -0.2) is 0 Å². The van der Waals surface area contributed by atoms with Gasteiger partial charge < -0.3 is 14.0 Å². The molecule has 1 aromatic carbocycles. The Morgan fingerprint density at radius 3 is 2.48 bits per heavy atom. The zero-order valence-electron chi connectivity index (χ0n) is 15.5. The highest BCUT2D eigenvalue weighted by Gasteiger charge is 2.52. The van der Waals surface area contributed by atoms with E-state index in [4.69, 9.17) is 14.0 Å². The van der Waals surface area contributed by atoms with Crippen LogP contribution in [0.25, 0.3) is 0 Å². The van der Waals surface area contributed by atoms with Crippen LogP contribution < -0.4 is 5.46 Å². The number of hydrogen-bond acceptors (Lipinski definition) is 5. The second kappa shape index (κ2) is 6.25. The summed E-state index contributed by atoms with van der Waals surface area (Å²) < 4.78 is 17.2. The van der Waals surface area contributed by atoms with Crippen LogP contribution in [0.15, 0.2) is 18.2 Å². The van der Waals surface area contributed by atoms with Gasteiger partial charge in [0.1, 0.15) is 5.92 Å². The summed E-state index contributed by atoms with van der Waals surface area (Å²) in [4.78, 5) is 24.8. The molecule has 0 spiro atoms. The van der Waals surface area contributed by atoms with Gasteiger partial charge in [-0.2, -0.15) is 0 Å². The number of Topliss-reactive ketones (excluding diaryl/α,β-unsaturated/α-hetero) is 1. The van der Waals surface area contributed by atoms with Gasteiger partial charge in [-0.05, 0) is 58.5 Å². The molecule has 0 N–H and O–H groups in total. The van der Waals surface area contributed by atoms with E-state index in [0.29, 0.717) is 18.4 Å². The van der Waals surface area contributed by atoms with E-state index in [2.05, 4.69) is 0 Å². The number of rotatable bonds is 3. The molecule has 1 unspecified atom stereocenters. The highest BCUT2D eigenvalue weighted by molar-refractivity contribution is 6.62. The first-order valence-corrected chi connectivity index (χ1v) is 8.85. The second-order valence-corrected chi connectivity index (χ2v) is 7.71. The fourth-order valence-corrected chi connectivity index (χ4v) is 3.25. The molecule has 2 aliphatic rings. The lowest BCUT2D eigenvalue weighted by Crippen LogP contribution is -2.41. The summed E-state index contributed by atoms with van der Waals surface area (Å²) in [5.74, 6) is -1.31. The van der Waals surface area contributed by atoms with Crippen molar-refractivity contribution < 1.29 is 23.6 Å². The van der Waals surface area contributed by atoms with Crippen molar-refractivity contribution in [3.05, 3.63) is 29.3 Å². The van der Waals surface area contributed by atoms with Gasteiger partial charge in [-0.15, -0.1) is 0 Å². The maximum Gasteiger partial charge on any atom is 0.494 e. The number of carbonyl (C=O) groups excluding carboxylic acids is 2. The number of fused-ring (bicyclic) bond motifs is 1. The Morgan fingerprint density at radius 2 is 1.88 bits per heavy atom. The molecule has 1 atom stereocenters. The fraction of sp³-hybridized carbons (Fsp3) is 0.579. The Hall–Kier alpha value is -1.66. The van der Waals surface area contributed by atoms with Crippen LogP contribution in [0, 0.1) is 5.92 Å². The molecule has 1 aliphatic heterocycles. The van der Waals surface area contributed by atoms with E-state index < -0.39 is 30.2 Å². The molecule has 0 bridgehead atoms. The molecule has 1 fully saturated rings. The van der Waals surface area contributed by atoms with Gasteiger partial charge in [-0.1, -0.05) is 18.2 Å². The third-order valence-corrected chi connectivity index (χ3v) is 5.51. The van der Waals surface area contributed by atoms with Crippen molar-refractivity contribution in [2.24, 2.45) is 5.92 Å². The zero-order chi connectivity index (χ0) is 18.4. The van der Waals surface area contributed by atoms with E-state index in [1.165, 1.54) is 0 Å². The summed E-state index contributed by atoms with van der Waals surface area (Å²) in [5.41, 5.74) is 1.47. The molecular weight excluding hydrogens is 319 g/mol. The van der Waals surface area contributed by atoms with Crippen LogP contribution in [0.2, 0.25) is 0 Å². The molecule has 0 saturated carbocycles. The lowest BCUT2D eigenvalue weighted by Gasteiger charge is -2.32. The fourth-order valence-electron chi connectivity index (χ4n) is 3.25. The number of ether oxygens (including phenoxy) is 1. The summed E-state index contributed by atoms with van der Waals surface area (Å²) in [5, 5.41) is 0. The van der Waals surface area contributed by atoms with Crippen molar-refractivity contribution in [3.8, 4) is 0 Å². The minimum absolute atomic E-state index is 0.168. The Balaban J connectivity index is 1.88. The molecule has 25 heavy (non-hydrogen) atoms. The summed E-state index contributed by atoms with van der Waals surface area (Å²) in [6, 6.07) is 5.69. The molecular formula is C19H25BO5. The molecule has 1 aliphatic carbocycles. The SMILES string of the molecule is CCOC(=O)C1CCc2ccc(B3OC(C)(C)C(C)(C)O3)cc2C1=O. The molecule has 1 aromatic rings. The Kier molecular flexibility index (Phi) is 4.54. The highest BCUT2D eigenvalue weighted by atomic mass is 16.7. The van der Waals surface area contributed by atoms with Crippen LogP contribution in [0.5, 0.6) is 0 Å². The number of hydrogen-bond donors (Lipinski definition) is 0. The van der Waals surface area contributed by atoms with Gasteiger partial charge in [0.15, 0.2) is 5.78 Å². The lowest BCUT2D eigenvalue weighted by molar-refractivity contribution is -0.146. The normalized spacial score (nSPS) is 24.1. The molecule has 0 amide bonds. The van der Waals surface area contributed by atoms with Crippen LogP contribution in [0.4, 0.5) is 0 Å². The van der Waals surface area contributed by atoms with Crippen LogP contribution in [0.3, 0.4) is 0 Å². The van der Waals surface area contributed by atoms with Crippen molar-refractivity contribution in [2.75, 3.05) is 6.61 Å². The van der Waals surface area contributed by atoms with Crippen molar-refractivity contribution in [2.45, 2.75) is 58.7 Å². The molecule has 0 aromatic heterocycles. The molecule has 0 radical (unpaired) electrons. The summed E-state index contributed by atoms with van der Waals surface area (Å²) >= 11 is 0. The lowest BCUT2D eigenvalue weighted by atomic mass is 9.74. The van der Waals surface area contributed by atoms with E-state index in [1.807, 2.05) is 45.9 Å². The number of ketones is 1. The van der Waals surface area contributed by atoms with E-state index in [-0.39, 0.29) is 12.4 Å². The minimum atomic E-state index is -0.707. The van der Waals surface area contributed by atoms with Crippen molar-refractivity contribution in [1.82, 2.24) is 0 Å². The van der Waals surface area contributed by atoms with Gasteiger partial charge in [0.2, 0.25) is 0 Å². The molecule has 1 heterocycles. The second-order valence-electron chi connectivity index (χ2n) is 7.71. The van der Waals surface area contributed by atoms with Crippen molar-refractivity contribution in [3.63, 3.8) is 0 Å². The monoisotopic (exact) mass is 344 g/mol. The first-order valence-electron chi connectivity index (χ1n) is 8.85. The number of benzene rings is 1. The maximum absolute atomic E-state index is 12.8. The summed E-state index contributed by atoms with van der Waals surface area (Å²) in [6.07, 6.45) is 1.19. The highest BCUT2D eigenvalue weighted by Crippen LogP contribution is 2.37. The smallest absolute Gasteiger partial charge is 0.465 e. The van der Waals surface area contributed by atoms with Crippen LogP contribution in [-0.2, 0) is 25.3 Å². The van der Waals surface area contributed by atoms with Gasteiger partial charge in [0.05, 0.1) is 17.8 Å². The Labute approximate surface area is 149 Å². The number of esters is 1. The zero-order valence-corrected chi connectivity index (χ0v) is 15.5. The average Bonchev–Trinajstić information content (AvgIpc) is 2.76. The quantitative estimate of drug-likeness (QED) is 0.478. The third kappa shape index (κ3) is 3.13. The van der Waals surface area contributed by atoms with Gasteiger partial charge >= 0.3 is 13.1 Å². The predicted octanol–water partition coefficient (Wildman–Crippen LogP) is 2.29. The maximum atomic E-state index is 12.8. The van der Waals surface area contributed by atoms with Crippen molar-refractivity contribution in [1.29, 1.82) is 0 Å². The third-order valence-electron chi connectivity index (χ3n) is 5.51. The summed E-state index contributed by atoms with van der Waals surface area (Å²) in [6.45, 7) is 10.0. The van der Waals surface area contributed by atoms with Gasteiger partial charge in [0, 0.05) is 5.56 Å². The van der Waals surface area contributed by atoms with Gasteiger partial charge in [-0.3, -0.25) is 9.59 Å². The molecule has 134 valence electrons. The van der Waals surface area contributed by atoms with Gasteiger partial charge in [0.25, 0.3) is 0 Å². The predicted molar refractivity (Wildman–Crippen MR) is 94.9 cm³/mol. The van der Waals surface area contributed by atoms with E-state index in [9.17, 15) is 9.59 Å². The average molecular weight is 344 g/mol. The Morgan fingerprint density at radius 1 is 1.24 bits per heavy atom. The first kappa shape index (κ1) is 18.1. The molecule has 5 nitrogen and oxygen atoms in total. The minimum Gasteiger partial charge on any atom is -0.465 e. The first-order chi connectivity index (χ1) is 11.7. The van der Waals surface area contributed by atoms with Crippen LogP contribution >= 0.6 is 0 Å². The van der Waals surface area contributed by atoms with E-state index in [1.54, 1.807) is 6.92 Å². The largest absolute Gasteiger partial charge is 0.494 e. The number of carbonyl (C=O) groups is 2. The van der Waals surface area contributed by atoms with Crippen LogP contribution in [0.1, 0.15) is 57.0 Å². The molecule has 3 rings (SSSR count). The molecule has 1 saturated heterocycles. The Bertz CT molecular complexity index is 694. The van der Waals surface area contributed by atoms with Crippen LogP contribution in [-0.4, -0.2) is 36.7 Å².